The number of fused-ring (bicyclic) bond motifs is 1. The zero-order valence-electron chi connectivity index (χ0n) is 10.0. The van der Waals surface area contributed by atoms with Crippen LogP contribution in [0.2, 0.25) is 0 Å². The SMILES string of the molecule is O=C1CN(S(=O)(=O)c2sccc2Br)c2ccccc2N1. The maximum Gasteiger partial charge on any atom is 0.275 e. The first-order valence-electron chi connectivity index (χ1n) is 5.65. The number of anilines is 2. The van der Waals surface area contributed by atoms with Crippen LogP contribution in [-0.4, -0.2) is 20.9 Å². The number of rotatable bonds is 2. The predicted molar refractivity (Wildman–Crippen MR) is 81.6 cm³/mol. The molecule has 1 N–H and O–H groups in total. The van der Waals surface area contributed by atoms with Gasteiger partial charge in [-0.15, -0.1) is 11.3 Å². The third-order valence-electron chi connectivity index (χ3n) is 2.84. The summed E-state index contributed by atoms with van der Waals surface area (Å²) in [6, 6.07) is 8.51. The van der Waals surface area contributed by atoms with Crippen LogP contribution in [0.15, 0.2) is 44.4 Å². The molecule has 0 saturated carbocycles. The molecule has 0 fully saturated rings. The zero-order chi connectivity index (χ0) is 14.3. The number of carbonyl (C=O) groups excluding carboxylic acids is 1. The Morgan fingerprint density at radius 1 is 1.25 bits per heavy atom. The fourth-order valence-electron chi connectivity index (χ4n) is 1.98. The van der Waals surface area contributed by atoms with E-state index in [0.717, 1.165) is 15.6 Å². The largest absolute Gasteiger partial charge is 0.323 e. The van der Waals surface area contributed by atoms with Crippen molar-refractivity contribution < 1.29 is 13.2 Å². The highest BCUT2D eigenvalue weighted by molar-refractivity contribution is 9.10. The minimum Gasteiger partial charge on any atom is -0.323 e. The average Bonchev–Trinajstić information content (AvgIpc) is 2.84. The van der Waals surface area contributed by atoms with Crippen LogP contribution in [0.1, 0.15) is 0 Å². The van der Waals surface area contributed by atoms with Crippen LogP contribution in [-0.2, 0) is 14.8 Å². The highest BCUT2D eigenvalue weighted by atomic mass is 79.9. The second kappa shape index (κ2) is 4.87. The molecule has 1 aliphatic rings. The van der Waals surface area contributed by atoms with Crippen molar-refractivity contribution in [1.29, 1.82) is 0 Å². The fourth-order valence-corrected chi connectivity index (χ4v) is 5.83. The van der Waals surface area contributed by atoms with E-state index in [0.29, 0.717) is 15.8 Å². The van der Waals surface area contributed by atoms with Gasteiger partial charge < -0.3 is 5.32 Å². The molecule has 0 saturated heterocycles. The van der Waals surface area contributed by atoms with Crippen LogP contribution >= 0.6 is 27.3 Å². The summed E-state index contributed by atoms with van der Waals surface area (Å²) in [7, 11) is -3.75. The molecule has 0 aliphatic carbocycles. The molecule has 2 heterocycles. The molecule has 5 nitrogen and oxygen atoms in total. The van der Waals surface area contributed by atoms with E-state index in [1.165, 1.54) is 0 Å². The number of benzene rings is 1. The molecule has 1 aromatic carbocycles. The number of sulfonamides is 1. The Kier molecular flexibility index (Phi) is 3.31. The monoisotopic (exact) mass is 372 g/mol. The molecular weight excluding hydrogens is 364 g/mol. The molecule has 0 bridgehead atoms. The molecule has 0 unspecified atom stereocenters. The maximum atomic E-state index is 12.7. The molecule has 1 aromatic heterocycles. The van der Waals surface area contributed by atoms with E-state index in [-0.39, 0.29) is 16.7 Å². The fraction of sp³-hybridized carbons (Fsp3) is 0.0833. The van der Waals surface area contributed by atoms with E-state index in [2.05, 4.69) is 21.2 Å². The number of halogens is 1. The third kappa shape index (κ3) is 2.13. The van der Waals surface area contributed by atoms with Crippen LogP contribution in [0, 0.1) is 0 Å². The molecule has 2 aromatic rings. The van der Waals surface area contributed by atoms with Crippen molar-refractivity contribution in [3.05, 3.63) is 40.2 Å². The molecule has 0 spiro atoms. The van der Waals surface area contributed by atoms with E-state index >= 15 is 0 Å². The number of thiophene rings is 1. The Balaban J connectivity index is 2.16. The van der Waals surface area contributed by atoms with Crippen LogP contribution in [0.5, 0.6) is 0 Å². The normalized spacial score (nSPS) is 14.8. The molecular formula is C12H9BrN2O3S2. The number of hydrogen-bond acceptors (Lipinski definition) is 4. The quantitative estimate of drug-likeness (QED) is 0.880. The predicted octanol–water partition coefficient (Wildman–Crippen LogP) is 2.66. The van der Waals surface area contributed by atoms with Crippen molar-refractivity contribution in [2.24, 2.45) is 0 Å². The van der Waals surface area contributed by atoms with Gasteiger partial charge in [0, 0.05) is 4.47 Å². The number of hydrogen-bond donors (Lipinski definition) is 1. The third-order valence-corrected chi connectivity index (χ3v) is 7.25. The van der Waals surface area contributed by atoms with Crippen LogP contribution in [0.4, 0.5) is 11.4 Å². The average molecular weight is 373 g/mol. The van der Waals surface area contributed by atoms with Crippen molar-refractivity contribution in [2.45, 2.75) is 4.21 Å². The molecule has 1 aliphatic heterocycles. The Morgan fingerprint density at radius 2 is 2.00 bits per heavy atom. The lowest BCUT2D eigenvalue weighted by Crippen LogP contribution is -2.41. The lowest BCUT2D eigenvalue weighted by atomic mass is 10.2. The van der Waals surface area contributed by atoms with Gasteiger partial charge in [-0.2, -0.15) is 0 Å². The van der Waals surface area contributed by atoms with Gasteiger partial charge in [0.2, 0.25) is 5.91 Å². The van der Waals surface area contributed by atoms with Gasteiger partial charge in [-0.25, -0.2) is 8.42 Å². The summed E-state index contributed by atoms with van der Waals surface area (Å²) in [6.45, 7) is -0.219. The van der Waals surface area contributed by atoms with E-state index in [1.54, 1.807) is 35.7 Å². The Labute approximate surface area is 128 Å². The lowest BCUT2D eigenvalue weighted by molar-refractivity contribution is -0.115. The van der Waals surface area contributed by atoms with E-state index < -0.39 is 10.0 Å². The molecule has 1 amide bonds. The summed E-state index contributed by atoms with van der Waals surface area (Å²) in [4.78, 5) is 11.7. The summed E-state index contributed by atoms with van der Waals surface area (Å²) < 4.78 is 27.2. The summed E-state index contributed by atoms with van der Waals surface area (Å²) in [5.74, 6) is -0.347. The Bertz CT molecular complexity index is 786. The van der Waals surface area contributed by atoms with Crippen molar-refractivity contribution in [3.8, 4) is 0 Å². The lowest BCUT2D eigenvalue weighted by Gasteiger charge is -2.29. The molecule has 0 atom stereocenters. The second-order valence-corrected chi connectivity index (χ2v) is 7.96. The highest BCUT2D eigenvalue weighted by Gasteiger charge is 2.34. The Hall–Kier alpha value is -1.38. The van der Waals surface area contributed by atoms with Crippen LogP contribution in [0.3, 0.4) is 0 Å². The molecule has 0 radical (unpaired) electrons. The smallest absolute Gasteiger partial charge is 0.275 e. The first kappa shape index (κ1) is 13.6. The van der Waals surface area contributed by atoms with Gasteiger partial charge in [0.05, 0.1) is 11.4 Å². The van der Waals surface area contributed by atoms with Gasteiger partial charge in [0.25, 0.3) is 10.0 Å². The van der Waals surface area contributed by atoms with Crippen LogP contribution in [0.25, 0.3) is 0 Å². The Morgan fingerprint density at radius 3 is 2.70 bits per heavy atom. The maximum absolute atomic E-state index is 12.7. The molecule has 8 heteroatoms. The summed E-state index contributed by atoms with van der Waals surface area (Å²) in [5.41, 5.74) is 0.979. The second-order valence-electron chi connectivity index (χ2n) is 4.13. The van der Waals surface area contributed by atoms with Gasteiger partial charge in [0.1, 0.15) is 6.54 Å². The first-order valence-corrected chi connectivity index (χ1v) is 8.76. The van der Waals surface area contributed by atoms with Gasteiger partial charge in [-0.3, -0.25) is 9.10 Å². The van der Waals surface area contributed by atoms with Gasteiger partial charge >= 0.3 is 0 Å². The van der Waals surface area contributed by atoms with E-state index in [1.807, 2.05) is 0 Å². The number of para-hydroxylation sites is 2. The number of nitrogens with one attached hydrogen (secondary N) is 1. The molecule has 3 rings (SSSR count). The van der Waals surface area contributed by atoms with Crippen molar-refractivity contribution >= 4 is 54.6 Å². The number of amides is 1. The summed E-state index contributed by atoms with van der Waals surface area (Å²) in [6.07, 6.45) is 0. The minimum absolute atomic E-state index is 0.196. The first-order chi connectivity index (χ1) is 9.50. The van der Waals surface area contributed by atoms with E-state index in [4.69, 9.17) is 0 Å². The van der Waals surface area contributed by atoms with Crippen LogP contribution < -0.4 is 9.62 Å². The number of nitrogens with zero attached hydrogens (tertiary/aromatic N) is 1. The summed E-state index contributed by atoms with van der Waals surface area (Å²) >= 11 is 4.35. The topological polar surface area (TPSA) is 66.5 Å². The van der Waals surface area contributed by atoms with Gasteiger partial charge in [-0.05, 0) is 39.5 Å². The van der Waals surface area contributed by atoms with Crippen molar-refractivity contribution in [2.75, 3.05) is 16.2 Å². The van der Waals surface area contributed by atoms with Crippen molar-refractivity contribution in [3.63, 3.8) is 0 Å². The van der Waals surface area contributed by atoms with Gasteiger partial charge in [0.15, 0.2) is 4.21 Å². The minimum atomic E-state index is -3.75. The van der Waals surface area contributed by atoms with Crippen molar-refractivity contribution in [1.82, 2.24) is 0 Å². The zero-order valence-corrected chi connectivity index (χ0v) is 13.3. The highest BCUT2D eigenvalue weighted by Crippen LogP contribution is 2.37. The van der Waals surface area contributed by atoms with E-state index in [9.17, 15) is 13.2 Å². The molecule has 20 heavy (non-hydrogen) atoms. The summed E-state index contributed by atoms with van der Waals surface area (Å²) in [5, 5.41) is 4.36. The standard InChI is InChI=1S/C12H9BrN2O3S2/c13-8-5-6-19-12(8)20(17,18)15-7-11(16)14-9-3-1-2-4-10(9)15/h1-6H,7H2,(H,14,16). The van der Waals surface area contributed by atoms with Gasteiger partial charge in [-0.1, -0.05) is 12.1 Å². The molecule has 104 valence electrons. The number of carbonyl (C=O) groups is 1.